The molecule has 1 aliphatic carbocycles. The number of esters is 1. The van der Waals surface area contributed by atoms with E-state index in [4.69, 9.17) is 9.47 Å². The molecule has 2 fully saturated rings. The van der Waals surface area contributed by atoms with E-state index in [0.717, 1.165) is 11.3 Å². The van der Waals surface area contributed by atoms with Crippen LogP contribution in [0.15, 0.2) is 42.5 Å². The monoisotopic (exact) mass is 495 g/mol. The number of nitrogens with one attached hydrogen (secondary N) is 1. The molecule has 0 aromatic heterocycles. The molecular formula is C25H25N3O8. The van der Waals surface area contributed by atoms with Crippen molar-refractivity contribution in [3.8, 4) is 5.75 Å². The van der Waals surface area contributed by atoms with Crippen molar-refractivity contribution >= 4 is 40.8 Å². The quantitative estimate of drug-likeness (QED) is 0.266. The van der Waals surface area contributed by atoms with Gasteiger partial charge < -0.3 is 14.8 Å². The molecule has 1 heterocycles. The average Bonchev–Trinajstić information content (AvgIpc) is 3.11. The molecule has 1 aliphatic heterocycles. The predicted octanol–water partition coefficient (Wildman–Crippen LogP) is 3.32. The summed E-state index contributed by atoms with van der Waals surface area (Å²) in [5.41, 5.74) is -0.128. The molecule has 2 aromatic carbocycles. The summed E-state index contributed by atoms with van der Waals surface area (Å²) in [6, 6.07) is 9.76. The third-order valence-electron chi connectivity index (χ3n) is 6.54. The third-order valence-corrected chi connectivity index (χ3v) is 6.54. The van der Waals surface area contributed by atoms with Gasteiger partial charge in [0.2, 0.25) is 11.8 Å². The summed E-state index contributed by atoms with van der Waals surface area (Å²) >= 11 is 0. The van der Waals surface area contributed by atoms with E-state index in [1.807, 2.05) is 0 Å². The maximum atomic E-state index is 13.0. The Morgan fingerprint density at radius 2 is 1.86 bits per heavy atom. The smallest absolute Gasteiger partial charge is 0.338 e. The Bertz CT molecular complexity index is 1240. The van der Waals surface area contributed by atoms with E-state index in [9.17, 15) is 29.3 Å². The maximum Gasteiger partial charge on any atom is 0.338 e. The van der Waals surface area contributed by atoms with Gasteiger partial charge in [0, 0.05) is 12.1 Å². The van der Waals surface area contributed by atoms with Crippen LogP contribution in [0.4, 0.5) is 17.1 Å². The number of nitro groups is 1. The first-order valence-electron chi connectivity index (χ1n) is 11.5. The van der Waals surface area contributed by atoms with E-state index < -0.39 is 23.4 Å². The zero-order valence-electron chi connectivity index (χ0n) is 19.8. The van der Waals surface area contributed by atoms with Gasteiger partial charge in [0.25, 0.3) is 11.6 Å². The van der Waals surface area contributed by atoms with Crippen molar-refractivity contribution < 1.29 is 33.6 Å². The number of fused-ring (bicyclic) bond motifs is 1. The number of carbonyl (C=O) groups excluding carboxylic acids is 4. The molecule has 3 atom stereocenters. The normalized spacial score (nSPS) is 21.1. The highest BCUT2D eigenvalue weighted by Gasteiger charge is 2.50. The van der Waals surface area contributed by atoms with Gasteiger partial charge in [-0.15, -0.1) is 0 Å². The first-order chi connectivity index (χ1) is 17.2. The molecule has 2 aliphatic rings. The van der Waals surface area contributed by atoms with Gasteiger partial charge in [-0.05, 0) is 49.4 Å². The van der Waals surface area contributed by atoms with Gasteiger partial charge >= 0.3 is 5.97 Å². The van der Waals surface area contributed by atoms with Crippen LogP contribution in [0, 0.1) is 27.9 Å². The van der Waals surface area contributed by atoms with Crippen molar-refractivity contribution in [3.63, 3.8) is 0 Å². The topological polar surface area (TPSA) is 145 Å². The van der Waals surface area contributed by atoms with Crippen LogP contribution in [-0.2, 0) is 19.1 Å². The summed E-state index contributed by atoms with van der Waals surface area (Å²) in [6.07, 6.45) is 2.21. The Morgan fingerprint density at radius 3 is 2.58 bits per heavy atom. The largest absolute Gasteiger partial charge is 0.497 e. The molecule has 0 bridgehead atoms. The third kappa shape index (κ3) is 4.90. The Labute approximate surface area is 206 Å². The predicted molar refractivity (Wildman–Crippen MR) is 127 cm³/mol. The highest BCUT2D eigenvalue weighted by Crippen LogP contribution is 2.42. The van der Waals surface area contributed by atoms with Crippen LogP contribution in [0.3, 0.4) is 0 Å². The first-order valence-corrected chi connectivity index (χ1v) is 11.5. The van der Waals surface area contributed by atoms with Crippen molar-refractivity contribution in [2.45, 2.75) is 26.2 Å². The number of imide groups is 1. The number of rotatable bonds is 7. The van der Waals surface area contributed by atoms with Crippen LogP contribution in [0.1, 0.15) is 36.5 Å². The molecule has 0 unspecified atom stereocenters. The Hall–Kier alpha value is -4.28. The van der Waals surface area contributed by atoms with Crippen molar-refractivity contribution in [3.05, 3.63) is 58.1 Å². The number of benzene rings is 2. The Morgan fingerprint density at radius 1 is 1.11 bits per heavy atom. The molecule has 0 radical (unpaired) electrons. The van der Waals surface area contributed by atoms with E-state index in [1.54, 1.807) is 6.07 Å². The number of hydrogen-bond donors (Lipinski definition) is 1. The van der Waals surface area contributed by atoms with Crippen LogP contribution in [0.2, 0.25) is 0 Å². The van der Waals surface area contributed by atoms with Gasteiger partial charge in [0.05, 0.1) is 35.1 Å². The molecule has 1 saturated carbocycles. The van der Waals surface area contributed by atoms with Gasteiger partial charge in [-0.1, -0.05) is 13.0 Å². The highest BCUT2D eigenvalue weighted by atomic mass is 16.6. The zero-order chi connectivity index (χ0) is 26.0. The number of methoxy groups -OCH3 is 1. The fourth-order valence-electron chi connectivity index (χ4n) is 4.72. The van der Waals surface area contributed by atoms with Crippen LogP contribution < -0.4 is 15.0 Å². The van der Waals surface area contributed by atoms with E-state index >= 15 is 0 Å². The molecule has 11 nitrogen and oxygen atoms in total. The summed E-state index contributed by atoms with van der Waals surface area (Å²) < 4.78 is 10.1. The van der Waals surface area contributed by atoms with E-state index in [-0.39, 0.29) is 46.3 Å². The molecular weight excluding hydrogens is 470 g/mol. The maximum absolute atomic E-state index is 13.0. The lowest BCUT2D eigenvalue weighted by Crippen LogP contribution is -2.31. The van der Waals surface area contributed by atoms with E-state index in [2.05, 4.69) is 12.2 Å². The molecule has 0 spiro atoms. The lowest BCUT2D eigenvalue weighted by Gasteiger charge is -2.25. The second-order valence-electron chi connectivity index (χ2n) is 8.96. The van der Waals surface area contributed by atoms with Gasteiger partial charge in [0.15, 0.2) is 6.61 Å². The number of anilines is 2. The van der Waals surface area contributed by atoms with Crippen LogP contribution >= 0.6 is 0 Å². The number of ether oxygens (including phenoxy) is 2. The van der Waals surface area contributed by atoms with Crippen LogP contribution in [-0.4, -0.2) is 42.3 Å². The van der Waals surface area contributed by atoms with E-state index in [0.29, 0.717) is 24.5 Å². The van der Waals surface area contributed by atoms with Crippen LogP contribution in [0.25, 0.3) is 0 Å². The summed E-state index contributed by atoms with van der Waals surface area (Å²) in [6.45, 7) is 1.36. The van der Waals surface area contributed by atoms with Gasteiger partial charge in [0.1, 0.15) is 11.4 Å². The Kier molecular flexibility index (Phi) is 7.00. The lowest BCUT2D eigenvalue weighted by atomic mass is 9.76. The molecule has 11 heteroatoms. The summed E-state index contributed by atoms with van der Waals surface area (Å²) in [7, 11) is 1.38. The zero-order valence-corrected chi connectivity index (χ0v) is 19.8. The fourth-order valence-corrected chi connectivity index (χ4v) is 4.72. The first kappa shape index (κ1) is 24.8. The molecule has 1 N–H and O–H groups in total. The minimum absolute atomic E-state index is 0.0523. The van der Waals surface area contributed by atoms with Crippen molar-refractivity contribution in [1.82, 2.24) is 0 Å². The number of amides is 3. The van der Waals surface area contributed by atoms with E-state index in [1.165, 1.54) is 43.5 Å². The van der Waals surface area contributed by atoms with Crippen LogP contribution in [0.5, 0.6) is 5.75 Å². The fraction of sp³-hybridized carbons (Fsp3) is 0.360. The Balaban J connectivity index is 1.42. The number of nitro benzene ring substituents is 1. The number of hydrogen-bond acceptors (Lipinski definition) is 8. The molecule has 3 amide bonds. The molecule has 4 rings (SSSR count). The SMILES string of the molecule is COc1ccc([N+](=O)[O-])c(NC(=O)COC(=O)c2cccc(N3C(=O)[C@H]4C[C@H](C)CC[C@H]4C3=O)c2)c1. The van der Waals surface area contributed by atoms with Gasteiger partial charge in [-0.3, -0.25) is 29.4 Å². The standard InChI is InChI=1S/C25H25N3O8/c1-14-6-8-18-19(10-14)24(31)27(23(18)30)16-5-3-4-15(11-16)25(32)36-13-22(29)26-20-12-17(35-2)7-9-21(20)28(33)34/h3-5,7,9,11-12,14,18-19H,6,8,10,13H2,1-2H3,(H,26,29)/t14-,18-,19+/m1/s1. The molecule has 1 saturated heterocycles. The summed E-state index contributed by atoms with van der Waals surface area (Å²) in [5.74, 6) is -2.19. The van der Waals surface area contributed by atoms with Crippen molar-refractivity contribution in [2.24, 2.45) is 17.8 Å². The second-order valence-corrected chi connectivity index (χ2v) is 8.96. The lowest BCUT2D eigenvalue weighted by molar-refractivity contribution is -0.383. The number of carbonyl (C=O) groups is 4. The molecule has 2 aromatic rings. The highest BCUT2D eigenvalue weighted by molar-refractivity contribution is 6.22. The molecule has 188 valence electrons. The average molecular weight is 495 g/mol. The summed E-state index contributed by atoms with van der Waals surface area (Å²) in [4.78, 5) is 62.5. The minimum Gasteiger partial charge on any atom is -0.497 e. The number of nitrogens with zero attached hydrogens (tertiary/aromatic N) is 2. The van der Waals surface area contributed by atoms with Gasteiger partial charge in [-0.25, -0.2) is 4.79 Å². The van der Waals surface area contributed by atoms with Crippen molar-refractivity contribution in [1.29, 1.82) is 0 Å². The second kappa shape index (κ2) is 10.1. The molecule has 36 heavy (non-hydrogen) atoms. The summed E-state index contributed by atoms with van der Waals surface area (Å²) in [5, 5.41) is 13.6. The van der Waals surface area contributed by atoms with Gasteiger partial charge in [-0.2, -0.15) is 0 Å². The van der Waals surface area contributed by atoms with Crippen molar-refractivity contribution in [2.75, 3.05) is 23.9 Å². The minimum atomic E-state index is -0.850.